The van der Waals surface area contributed by atoms with Crippen LogP contribution in [0.15, 0.2) is 12.8 Å². The molecule has 0 unspecified atom stereocenters. The SMILES string of the molecule is C=COC1CCCCC1.[HH]. The topological polar surface area (TPSA) is 9.23 Å². The number of hydrogen-bond donors (Lipinski definition) is 0. The zero-order chi connectivity index (χ0) is 6.53. The van der Waals surface area contributed by atoms with Crippen LogP contribution in [-0.4, -0.2) is 6.10 Å². The molecule has 1 fully saturated rings. The Morgan fingerprint density at radius 1 is 1.33 bits per heavy atom. The van der Waals surface area contributed by atoms with Gasteiger partial charge in [-0.05, 0) is 25.7 Å². The predicted molar refractivity (Wildman–Crippen MR) is 40.3 cm³/mol. The molecule has 1 heteroatoms. The minimum absolute atomic E-state index is 0. The van der Waals surface area contributed by atoms with Crippen LogP contribution in [0.3, 0.4) is 0 Å². The molecular weight excluding hydrogens is 112 g/mol. The van der Waals surface area contributed by atoms with Gasteiger partial charge in [-0.15, -0.1) is 0 Å². The van der Waals surface area contributed by atoms with Crippen molar-refractivity contribution in [3.05, 3.63) is 12.8 Å². The van der Waals surface area contributed by atoms with Gasteiger partial charge in [-0.1, -0.05) is 13.0 Å². The van der Waals surface area contributed by atoms with E-state index in [0.717, 1.165) is 0 Å². The van der Waals surface area contributed by atoms with Gasteiger partial charge in [0, 0.05) is 1.43 Å². The first-order valence-electron chi connectivity index (χ1n) is 3.70. The third kappa shape index (κ3) is 2.08. The van der Waals surface area contributed by atoms with E-state index in [4.69, 9.17) is 4.74 Å². The summed E-state index contributed by atoms with van der Waals surface area (Å²) in [6.07, 6.45) is 8.55. The summed E-state index contributed by atoms with van der Waals surface area (Å²) in [4.78, 5) is 0. The average Bonchev–Trinajstić information content (AvgIpc) is 1.91. The van der Waals surface area contributed by atoms with E-state index < -0.39 is 0 Å². The summed E-state index contributed by atoms with van der Waals surface area (Å²) < 4.78 is 5.25. The quantitative estimate of drug-likeness (QED) is 0.519. The molecule has 0 spiro atoms. The number of ether oxygens (including phenoxy) is 1. The van der Waals surface area contributed by atoms with E-state index >= 15 is 0 Å². The number of rotatable bonds is 2. The Bertz CT molecular complexity index is 87.3. The predicted octanol–water partition coefficient (Wildman–Crippen LogP) is 2.73. The highest BCUT2D eigenvalue weighted by molar-refractivity contribution is 4.67. The summed E-state index contributed by atoms with van der Waals surface area (Å²) in [6, 6.07) is 0. The molecule has 1 aliphatic carbocycles. The van der Waals surface area contributed by atoms with Gasteiger partial charge in [0.2, 0.25) is 0 Å². The summed E-state index contributed by atoms with van der Waals surface area (Å²) in [5.74, 6) is 0. The molecule has 0 aromatic rings. The minimum Gasteiger partial charge on any atom is -0.499 e. The molecule has 0 aliphatic heterocycles. The fraction of sp³-hybridized carbons (Fsp3) is 0.750. The van der Waals surface area contributed by atoms with Crippen LogP contribution >= 0.6 is 0 Å². The smallest absolute Gasteiger partial charge is 0.0978 e. The molecule has 0 heterocycles. The van der Waals surface area contributed by atoms with Crippen molar-refractivity contribution in [3.8, 4) is 0 Å². The summed E-state index contributed by atoms with van der Waals surface area (Å²) in [5.41, 5.74) is 0. The first-order chi connectivity index (χ1) is 4.43. The highest BCUT2D eigenvalue weighted by Gasteiger charge is 2.11. The first-order valence-corrected chi connectivity index (χ1v) is 3.70. The molecule has 0 radical (unpaired) electrons. The van der Waals surface area contributed by atoms with Crippen molar-refractivity contribution in [2.75, 3.05) is 0 Å². The molecule has 0 bridgehead atoms. The van der Waals surface area contributed by atoms with Crippen molar-refractivity contribution >= 4 is 0 Å². The minimum atomic E-state index is 0. The van der Waals surface area contributed by atoms with Crippen LogP contribution in [-0.2, 0) is 4.74 Å². The van der Waals surface area contributed by atoms with Gasteiger partial charge in [0.1, 0.15) is 0 Å². The van der Waals surface area contributed by atoms with E-state index in [2.05, 4.69) is 6.58 Å². The van der Waals surface area contributed by atoms with Crippen molar-refractivity contribution < 1.29 is 6.16 Å². The monoisotopic (exact) mass is 128 g/mol. The van der Waals surface area contributed by atoms with Crippen molar-refractivity contribution in [3.63, 3.8) is 0 Å². The third-order valence-electron chi connectivity index (χ3n) is 1.84. The Balaban J connectivity index is 0.000000810. The van der Waals surface area contributed by atoms with E-state index in [1.54, 1.807) is 6.26 Å². The van der Waals surface area contributed by atoms with E-state index in [1.165, 1.54) is 32.1 Å². The van der Waals surface area contributed by atoms with Crippen molar-refractivity contribution in [1.82, 2.24) is 0 Å². The Morgan fingerprint density at radius 3 is 2.56 bits per heavy atom. The third-order valence-corrected chi connectivity index (χ3v) is 1.84. The highest BCUT2D eigenvalue weighted by Crippen LogP contribution is 2.19. The highest BCUT2D eigenvalue weighted by atomic mass is 16.5. The molecule has 0 atom stereocenters. The lowest BCUT2D eigenvalue weighted by Crippen LogP contribution is -2.13. The second-order valence-corrected chi connectivity index (χ2v) is 2.56. The molecule has 0 saturated heterocycles. The lowest BCUT2D eigenvalue weighted by Gasteiger charge is -2.20. The van der Waals surface area contributed by atoms with Gasteiger partial charge >= 0.3 is 0 Å². The fourth-order valence-electron chi connectivity index (χ4n) is 1.34. The second kappa shape index (κ2) is 3.54. The second-order valence-electron chi connectivity index (χ2n) is 2.56. The summed E-state index contributed by atoms with van der Waals surface area (Å²) in [6.45, 7) is 3.53. The van der Waals surface area contributed by atoms with Crippen molar-refractivity contribution in [2.24, 2.45) is 0 Å². The van der Waals surface area contributed by atoms with Gasteiger partial charge in [0.15, 0.2) is 0 Å². The van der Waals surface area contributed by atoms with Crippen LogP contribution in [0, 0.1) is 0 Å². The molecule has 1 nitrogen and oxygen atoms in total. The van der Waals surface area contributed by atoms with Crippen LogP contribution in [0.4, 0.5) is 0 Å². The maximum Gasteiger partial charge on any atom is 0.0978 e. The zero-order valence-corrected chi connectivity index (χ0v) is 5.81. The molecule has 0 aromatic heterocycles. The van der Waals surface area contributed by atoms with Gasteiger partial charge < -0.3 is 4.74 Å². The van der Waals surface area contributed by atoms with E-state index in [9.17, 15) is 0 Å². The van der Waals surface area contributed by atoms with Gasteiger partial charge in [-0.2, -0.15) is 0 Å². The van der Waals surface area contributed by atoms with Crippen LogP contribution in [0.1, 0.15) is 33.5 Å². The molecule has 1 rings (SSSR count). The maximum absolute atomic E-state index is 5.25. The summed E-state index contributed by atoms with van der Waals surface area (Å²) in [5, 5.41) is 0. The van der Waals surface area contributed by atoms with Crippen LogP contribution < -0.4 is 0 Å². The lowest BCUT2D eigenvalue weighted by molar-refractivity contribution is 0.107. The van der Waals surface area contributed by atoms with Crippen molar-refractivity contribution in [1.29, 1.82) is 0 Å². The zero-order valence-electron chi connectivity index (χ0n) is 5.81. The van der Waals surface area contributed by atoms with Gasteiger partial charge in [0.25, 0.3) is 0 Å². The Kier molecular flexibility index (Phi) is 2.62. The molecule has 1 aliphatic rings. The summed E-state index contributed by atoms with van der Waals surface area (Å²) in [7, 11) is 0. The van der Waals surface area contributed by atoms with Gasteiger partial charge in [-0.25, -0.2) is 0 Å². The Hall–Kier alpha value is -0.460. The van der Waals surface area contributed by atoms with E-state index in [0.29, 0.717) is 6.10 Å². The Morgan fingerprint density at radius 2 is 2.00 bits per heavy atom. The molecule has 0 amide bonds. The first kappa shape index (κ1) is 6.66. The molecule has 54 valence electrons. The maximum atomic E-state index is 5.25. The molecule has 0 aromatic carbocycles. The largest absolute Gasteiger partial charge is 0.499 e. The molecule has 0 N–H and O–H groups in total. The number of hydrogen-bond acceptors (Lipinski definition) is 1. The fourth-order valence-corrected chi connectivity index (χ4v) is 1.34. The van der Waals surface area contributed by atoms with E-state index in [1.807, 2.05) is 0 Å². The lowest BCUT2D eigenvalue weighted by atomic mass is 9.98. The molecular formula is C8H16O. The standard InChI is InChI=1S/C8H14O.H2/c1-2-9-8-6-4-3-5-7-8;/h2,8H,1,3-7H2;1H. The van der Waals surface area contributed by atoms with Gasteiger partial charge in [-0.3, -0.25) is 0 Å². The normalized spacial score (nSPS) is 21.3. The van der Waals surface area contributed by atoms with E-state index in [-0.39, 0.29) is 1.43 Å². The van der Waals surface area contributed by atoms with Crippen LogP contribution in [0.2, 0.25) is 0 Å². The molecule has 1 saturated carbocycles. The van der Waals surface area contributed by atoms with Crippen LogP contribution in [0.5, 0.6) is 0 Å². The Labute approximate surface area is 58.2 Å². The average molecular weight is 128 g/mol. The van der Waals surface area contributed by atoms with Crippen LogP contribution in [0.25, 0.3) is 0 Å². The van der Waals surface area contributed by atoms with Gasteiger partial charge in [0.05, 0.1) is 12.4 Å². The summed E-state index contributed by atoms with van der Waals surface area (Å²) >= 11 is 0. The van der Waals surface area contributed by atoms with Crippen molar-refractivity contribution in [2.45, 2.75) is 38.2 Å². The molecule has 9 heavy (non-hydrogen) atoms.